The van der Waals surface area contributed by atoms with E-state index in [0.29, 0.717) is 0 Å². The highest BCUT2D eigenvalue weighted by molar-refractivity contribution is 4.62. The lowest BCUT2D eigenvalue weighted by molar-refractivity contribution is 0.121. The van der Waals surface area contributed by atoms with Gasteiger partial charge in [-0.15, -0.1) is 0 Å². The Kier molecular flexibility index (Phi) is 8.14. The van der Waals surface area contributed by atoms with Crippen molar-refractivity contribution in [2.75, 3.05) is 39.3 Å². The second kappa shape index (κ2) is 8.21. The van der Waals surface area contributed by atoms with E-state index in [9.17, 15) is 5.11 Å². The van der Waals surface area contributed by atoms with E-state index in [1.165, 1.54) is 0 Å². The van der Waals surface area contributed by atoms with E-state index >= 15 is 0 Å². The molecule has 1 unspecified atom stereocenters. The Labute approximate surface area is 88.7 Å². The van der Waals surface area contributed by atoms with Crippen LogP contribution < -0.4 is 0 Å². The highest BCUT2D eigenvalue weighted by atomic mass is 16.3. The van der Waals surface area contributed by atoms with Gasteiger partial charge in [-0.2, -0.15) is 0 Å². The zero-order valence-corrected chi connectivity index (χ0v) is 10.2. The van der Waals surface area contributed by atoms with Crippen LogP contribution in [0.15, 0.2) is 0 Å². The third kappa shape index (κ3) is 6.35. The predicted octanol–water partition coefficient (Wildman–Crippen LogP) is 1.03. The number of hydrogen-bond donors (Lipinski definition) is 1. The molecular weight excluding hydrogens is 176 g/mol. The van der Waals surface area contributed by atoms with Gasteiger partial charge in [0.25, 0.3) is 0 Å². The van der Waals surface area contributed by atoms with Crippen LogP contribution in [0.4, 0.5) is 0 Å². The van der Waals surface area contributed by atoms with Gasteiger partial charge in [0.2, 0.25) is 0 Å². The van der Waals surface area contributed by atoms with E-state index in [1.807, 2.05) is 6.92 Å². The Morgan fingerprint density at radius 1 is 0.929 bits per heavy atom. The van der Waals surface area contributed by atoms with Gasteiger partial charge in [-0.1, -0.05) is 20.8 Å². The first kappa shape index (κ1) is 13.9. The number of nitrogens with zero attached hydrogens (tertiary/aromatic N) is 2. The highest BCUT2D eigenvalue weighted by Crippen LogP contribution is 1.94. The van der Waals surface area contributed by atoms with Crippen LogP contribution in [0, 0.1) is 0 Å². The number of aliphatic hydroxyl groups excluding tert-OH is 1. The third-order valence-electron chi connectivity index (χ3n) is 2.60. The molecule has 1 atom stereocenters. The van der Waals surface area contributed by atoms with E-state index in [0.717, 1.165) is 39.3 Å². The molecule has 0 aliphatic rings. The van der Waals surface area contributed by atoms with Gasteiger partial charge in [0.05, 0.1) is 6.10 Å². The first-order valence-corrected chi connectivity index (χ1v) is 5.76. The van der Waals surface area contributed by atoms with Gasteiger partial charge in [0.1, 0.15) is 0 Å². The fourth-order valence-electron chi connectivity index (χ4n) is 1.57. The molecule has 0 saturated carbocycles. The lowest BCUT2D eigenvalue weighted by Crippen LogP contribution is -2.38. The van der Waals surface area contributed by atoms with Crippen LogP contribution in [0.25, 0.3) is 0 Å². The Morgan fingerprint density at radius 3 is 1.71 bits per heavy atom. The summed E-state index contributed by atoms with van der Waals surface area (Å²) >= 11 is 0. The Bertz CT molecular complexity index is 124. The molecule has 0 radical (unpaired) electrons. The lowest BCUT2D eigenvalue weighted by atomic mass is 10.3. The monoisotopic (exact) mass is 202 g/mol. The SMILES string of the molecule is CCN(CC)CCN(CC)CC(C)O. The standard InChI is InChI=1S/C11H26N2O/c1-5-12(6-2)8-9-13(7-3)10-11(4)14/h11,14H,5-10H2,1-4H3. The smallest absolute Gasteiger partial charge is 0.0639 e. The molecule has 0 aliphatic heterocycles. The summed E-state index contributed by atoms with van der Waals surface area (Å²) in [5.41, 5.74) is 0. The van der Waals surface area contributed by atoms with E-state index in [1.54, 1.807) is 0 Å². The molecule has 3 heteroatoms. The molecular formula is C11H26N2O. The van der Waals surface area contributed by atoms with Crippen molar-refractivity contribution >= 4 is 0 Å². The van der Waals surface area contributed by atoms with Crippen molar-refractivity contribution in [1.82, 2.24) is 9.80 Å². The van der Waals surface area contributed by atoms with Gasteiger partial charge in [-0.3, -0.25) is 4.90 Å². The molecule has 0 aromatic carbocycles. The molecule has 0 saturated heterocycles. The summed E-state index contributed by atoms with van der Waals surface area (Å²) in [6.45, 7) is 14.6. The molecule has 0 aromatic rings. The van der Waals surface area contributed by atoms with Crippen LogP contribution in [-0.4, -0.2) is 60.3 Å². The van der Waals surface area contributed by atoms with Crippen molar-refractivity contribution in [2.24, 2.45) is 0 Å². The molecule has 86 valence electrons. The Hall–Kier alpha value is -0.120. The van der Waals surface area contributed by atoms with Gasteiger partial charge in [0, 0.05) is 19.6 Å². The molecule has 0 rings (SSSR count). The Balaban J connectivity index is 3.70. The van der Waals surface area contributed by atoms with Crippen molar-refractivity contribution in [3.8, 4) is 0 Å². The van der Waals surface area contributed by atoms with Gasteiger partial charge in [0.15, 0.2) is 0 Å². The second-order valence-electron chi connectivity index (χ2n) is 3.77. The Morgan fingerprint density at radius 2 is 1.36 bits per heavy atom. The molecule has 0 heterocycles. The highest BCUT2D eigenvalue weighted by Gasteiger charge is 2.07. The lowest BCUT2D eigenvalue weighted by Gasteiger charge is -2.25. The van der Waals surface area contributed by atoms with Crippen molar-refractivity contribution < 1.29 is 5.11 Å². The number of hydrogen-bond acceptors (Lipinski definition) is 3. The number of likely N-dealkylation sites (N-methyl/N-ethyl adjacent to an activating group) is 2. The summed E-state index contributed by atoms with van der Waals surface area (Å²) in [5.74, 6) is 0. The van der Waals surface area contributed by atoms with E-state index in [2.05, 4.69) is 30.6 Å². The van der Waals surface area contributed by atoms with Crippen LogP contribution in [0.1, 0.15) is 27.7 Å². The number of rotatable bonds is 8. The second-order valence-corrected chi connectivity index (χ2v) is 3.77. The normalized spacial score (nSPS) is 13.9. The van der Waals surface area contributed by atoms with Crippen LogP contribution >= 0.6 is 0 Å². The number of aliphatic hydroxyl groups is 1. The molecule has 1 N–H and O–H groups in total. The summed E-state index contributed by atoms with van der Waals surface area (Å²) in [4.78, 5) is 4.70. The first-order chi connectivity index (χ1) is 6.63. The van der Waals surface area contributed by atoms with Gasteiger partial charge >= 0.3 is 0 Å². The molecule has 0 bridgehead atoms. The molecule has 0 fully saturated rings. The summed E-state index contributed by atoms with van der Waals surface area (Å²) in [6, 6.07) is 0. The predicted molar refractivity (Wildman–Crippen MR) is 61.6 cm³/mol. The first-order valence-electron chi connectivity index (χ1n) is 5.76. The quantitative estimate of drug-likeness (QED) is 0.637. The minimum atomic E-state index is -0.216. The molecule has 0 aliphatic carbocycles. The summed E-state index contributed by atoms with van der Waals surface area (Å²) < 4.78 is 0. The fourth-order valence-corrected chi connectivity index (χ4v) is 1.57. The van der Waals surface area contributed by atoms with Gasteiger partial charge < -0.3 is 10.0 Å². The minimum Gasteiger partial charge on any atom is -0.392 e. The topological polar surface area (TPSA) is 26.7 Å². The average molecular weight is 202 g/mol. The molecule has 14 heavy (non-hydrogen) atoms. The summed E-state index contributed by atoms with van der Waals surface area (Å²) in [7, 11) is 0. The van der Waals surface area contributed by atoms with Crippen molar-refractivity contribution in [1.29, 1.82) is 0 Å². The average Bonchev–Trinajstić information content (AvgIpc) is 2.17. The fraction of sp³-hybridized carbons (Fsp3) is 1.00. The third-order valence-corrected chi connectivity index (χ3v) is 2.60. The summed E-state index contributed by atoms with van der Waals surface area (Å²) in [6.07, 6.45) is -0.216. The summed E-state index contributed by atoms with van der Waals surface area (Å²) in [5, 5.41) is 9.28. The van der Waals surface area contributed by atoms with Crippen LogP contribution in [0.3, 0.4) is 0 Å². The maximum absolute atomic E-state index is 9.28. The van der Waals surface area contributed by atoms with E-state index in [-0.39, 0.29) is 6.10 Å². The largest absolute Gasteiger partial charge is 0.392 e. The zero-order valence-electron chi connectivity index (χ0n) is 10.2. The van der Waals surface area contributed by atoms with Gasteiger partial charge in [-0.05, 0) is 26.6 Å². The maximum atomic E-state index is 9.28. The van der Waals surface area contributed by atoms with Crippen LogP contribution in [0.2, 0.25) is 0 Å². The maximum Gasteiger partial charge on any atom is 0.0639 e. The molecule has 0 aromatic heterocycles. The molecule has 0 spiro atoms. The van der Waals surface area contributed by atoms with E-state index in [4.69, 9.17) is 0 Å². The van der Waals surface area contributed by atoms with Crippen LogP contribution in [0.5, 0.6) is 0 Å². The van der Waals surface area contributed by atoms with Crippen molar-refractivity contribution in [3.05, 3.63) is 0 Å². The molecule has 0 amide bonds. The van der Waals surface area contributed by atoms with Crippen molar-refractivity contribution in [3.63, 3.8) is 0 Å². The molecule has 3 nitrogen and oxygen atoms in total. The van der Waals surface area contributed by atoms with Crippen LogP contribution in [-0.2, 0) is 0 Å². The minimum absolute atomic E-state index is 0.216. The van der Waals surface area contributed by atoms with E-state index < -0.39 is 0 Å². The zero-order chi connectivity index (χ0) is 11.0. The van der Waals surface area contributed by atoms with Gasteiger partial charge in [-0.25, -0.2) is 0 Å². The van der Waals surface area contributed by atoms with Crippen molar-refractivity contribution in [2.45, 2.75) is 33.8 Å².